The van der Waals surface area contributed by atoms with Crippen LogP contribution in [0.3, 0.4) is 0 Å². The topological polar surface area (TPSA) is 90.5 Å². The second-order valence-corrected chi connectivity index (χ2v) is 7.28. The summed E-state index contributed by atoms with van der Waals surface area (Å²) in [4.78, 5) is 39.6. The molecule has 0 saturated carbocycles. The number of methoxy groups -OCH3 is 1. The first-order valence-corrected chi connectivity index (χ1v) is 9.43. The van der Waals surface area contributed by atoms with E-state index in [1.54, 1.807) is 36.4 Å². The number of fused-ring (bicyclic) bond motifs is 3. The highest BCUT2D eigenvalue weighted by Gasteiger charge is 2.40. The lowest BCUT2D eigenvalue weighted by Crippen LogP contribution is -2.37. The van der Waals surface area contributed by atoms with Gasteiger partial charge >= 0.3 is 0 Å². The molecule has 1 aromatic heterocycles. The molecule has 1 aliphatic carbocycles. The highest BCUT2D eigenvalue weighted by atomic mass is 16.5. The summed E-state index contributed by atoms with van der Waals surface area (Å²) >= 11 is 0. The molecule has 146 valence electrons. The van der Waals surface area contributed by atoms with Gasteiger partial charge in [0.05, 0.1) is 23.6 Å². The molecular weight excluding hydrogens is 372 g/mol. The van der Waals surface area contributed by atoms with E-state index in [4.69, 9.17) is 4.74 Å². The van der Waals surface area contributed by atoms with Crippen LogP contribution in [0.5, 0.6) is 11.5 Å². The smallest absolute Gasteiger partial charge is 0.277 e. The lowest BCUT2D eigenvalue weighted by atomic mass is 9.88. The third-order valence-electron chi connectivity index (χ3n) is 5.73. The van der Waals surface area contributed by atoms with Gasteiger partial charge in [-0.25, -0.2) is 9.36 Å². The molecule has 1 atom stereocenters. The van der Waals surface area contributed by atoms with Gasteiger partial charge in [0, 0.05) is 12.0 Å². The van der Waals surface area contributed by atoms with Gasteiger partial charge in [0.15, 0.2) is 17.3 Å². The van der Waals surface area contributed by atoms with Gasteiger partial charge in [-0.05, 0) is 42.7 Å². The van der Waals surface area contributed by atoms with Crippen molar-refractivity contribution in [2.45, 2.75) is 25.3 Å². The molecule has 0 saturated heterocycles. The van der Waals surface area contributed by atoms with E-state index in [2.05, 4.69) is 0 Å². The number of carbonyl (C=O) groups excluding carboxylic acids is 1. The number of hydrogen-bond donors (Lipinski definition) is 1. The van der Waals surface area contributed by atoms with Gasteiger partial charge in [-0.3, -0.25) is 14.4 Å². The lowest BCUT2D eigenvalue weighted by molar-refractivity contribution is -0.116. The number of phenolic OH excluding ortho intramolecular Hbond substituents is 1. The van der Waals surface area contributed by atoms with Gasteiger partial charge in [0.25, 0.3) is 11.1 Å². The standard InChI is InChI=1S/C22H18N2O5/c1-29-18-11-12(9-10-16(18)25)20-19-15(7-4-8-17(19)26)23-21(27)13-5-2-3-6-14(13)22(28)24(20)23/h2-3,5-6,9-11,20,25H,4,7-8H2,1H3. The van der Waals surface area contributed by atoms with Gasteiger partial charge in [0.2, 0.25) is 0 Å². The number of aromatic hydroxyl groups is 1. The maximum atomic E-state index is 13.4. The summed E-state index contributed by atoms with van der Waals surface area (Å²) in [5.41, 5.74) is 1.02. The number of phenols is 1. The monoisotopic (exact) mass is 390 g/mol. The summed E-state index contributed by atoms with van der Waals surface area (Å²) in [5.74, 6) is 0.131. The Kier molecular flexibility index (Phi) is 3.74. The van der Waals surface area contributed by atoms with Crippen molar-refractivity contribution in [2.75, 3.05) is 7.11 Å². The molecule has 0 fully saturated rings. The highest BCUT2D eigenvalue weighted by molar-refractivity contribution is 6.04. The molecule has 5 rings (SSSR count). The summed E-state index contributed by atoms with van der Waals surface area (Å²) in [6, 6.07) is 10.7. The summed E-state index contributed by atoms with van der Waals surface area (Å²) in [7, 11) is 1.43. The largest absolute Gasteiger partial charge is 0.504 e. The molecule has 1 N–H and O–H groups in total. The van der Waals surface area contributed by atoms with E-state index in [1.807, 2.05) is 0 Å². The van der Waals surface area contributed by atoms with Gasteiger partial charge in [-0.15, -0.1) is 0 Å². The van der Waals surface area contributed by atoms with Crippen LogP contribution >= 0.6 is 0 Å². The van der Waals surface area contributed by atoms with Gasteiger partial charge in [-0.1, -0.05) is 18.2 Å². The van der Waals surface area contributed by atoms with Crippen LogP contribution in [0.15, 0.2) is 57.6 Å². The van der Waals surface area contributed by atoms with Crippen LogP contribution in [0.4, 0.5) is 0 Å². The van der Waals surface area contributed by atoms with E-state index in [0.717, 1.165) is 0 Å². The van der Waals surface area contributed by atoms with Crippen molar-refractivity contribution in [3.63, 3.8) is 0 Å². The zero-order valence-electron chi connectivity index (χ0n) is 15.7. The molecule has 3 aromatic rings. The second kappa shape index (κ2) is 6.20. The molecular formula is C22H18N2O5. The van der Waals surface area contributed by atoms with Crippen LogP contribution in [-0.2, 0) is 4.79 Å². The van der Waals surface area contributed by atoms with Crippen molar-refractivity contribution in [3.05, 3.63) is 74.3 Å². The first-order chi connectivity index (χ1) is 14.0. The number of ether oxygens (including phenoxy) is 1. The predicted molar refractivity (Wildman–Crippen MR) is 107 cm³/mol. The minimum atomic E-state index is -0.739. The molecule has 2 aromatic carbocycles. The Labute approximate surface area is 165 Å². The quantitative estimate of drug-likeness (QED) is 0.726. The van der Waals surface area contributed by atoms with Gasteiger partial charge < -0.3 is 9.84 Å². The molecule has 7 nitrogen and oxygen atoms in total. The molecule has 1 aliphatic heterocycles. The Balaban J connectivity index is 1.90. The van der Waals surface area contributed by atoms with Crippen molar-refractivity contribution in [2.24, 2.45) is 0 Å². The third-order valence-corrected chi connectivity index (χ3v) is 5.73. The van der Waals surface area contributed by atoms with Gasteiger partial charge in [0.1, 0.15) is 6.04 Å². The van der Waals surface area contributed by atoms with E-state index in [9.17, 15) is 19.5 Å². The third kappa shape index (κ3) is 2.33. The first kappa shape index (κ1) is 17.5. The summed E-state index contributed by atoms with van der Waals surface area (Å²) < 4.78 is 7.97. The van der Waals surface area contributed by atoms with Crippen molar-refractivity contribution in [3.8, 4) is 11.5 Å². The van der Waals surface area contributed by atoms with Crippen molar-refractivity contribution >= 4 is 22.3 Å². The SMILES string of the molecule is COc1cc(C2C3=C(CCCC3=O)n3c(=O)c4ccccc4c(=O)n32)ccc1O. The average Bonchev–Trinajstić information content (AvgIpc) is 3.09. The molecule has 1 unspecified atom stereocenters. The Morgan fingerprint density at radius 2 is 1.72 bits per heavy atom. The van der Waals surface area contributed by atoms with Crippen LogP contribution in [0.25, 0.3) is 16.5 Å². The predicted octanol–water partition coefficient (Wildman–Crippen LogP) is 2.44. The maximum absolute atomic E-state index is 13.4. The molecule has 0 radical (unpaired) electrons. The number of benzene rings is 2. The average molecular weight is 390 g/mol. The summed E-state index contributed by atoms with van der Waals surface area (Å²) in [6.45, 7) is 0. The molecule has 0 amide bonds. The molecule has 7 heteroatoms. The van der Waals surface area contributed by atoms with E-state index >= 15 is 0 Å². The van der Waals surface area contributed by atoms with Gasteiger partial charge in [-0.2, -0.15) is 0 Å². The van der Waals surface area contributed by atoms with Crippen molar-refractivity contribution in [1.29, 1.82) is 0 Å². The fraction of sp³-hybridized carbons (Fsp3) is 0.227. The number of allylic oxidation sites excluding steroid dienone is 2. The fourth-order valence-corrected chi connectivity index (χ4v) is 4.44. The Hall–Kier alpha value is -3.61. The second-order valence-electron chi connectivity index (χ2n) is 7.28. The number of carbonyl (C=O) groups is 1. The zero-order chi connectivity index (χ0) is 20.3. The lowest BCUT2D eigenvalue weighted by Gasteiger charge is -2.19. The van der Waals surface area contributed by atoms with E-state index < -0.39 is 6.04 Å². The Morgan fingerprint density at radius 3 is 2.45 bits per heavy atom. The number of nitrogens with zero attached hydrogens (tertiary/aromatic N) is 2. The van der Waals surface area contributed by atoms with E-state index in [1.165, 1.54) is 22.5 Å². The fourth-order valence-electron chi connectivity index (χ4n) is 4.44. The number of ketones is 1. The molecule has 2 heterocycles. The minimum absolute atomic E-state index is 0.0401. The van der Waals surface area contributed by atoms with E-state index in [-0.39, 0.29) is 28.4 Å². The molecule has 29 heavy (non-hydrogen) atoms. The normalized spacial score (nSPS) is 18.1. The van der Waals surface area contributed by atoms with Crippen LogP contribution in [0, 0.1) is 0 Å². The molecule has 0 bridgehead atoms. The van der Waals surface area contributed by atoms with Crippen molar-refractivity contribution < 1.29 is 14.6 Å². The number of aromatic nitrogens is 2. The molecule has 0 spiro atoms. The van der Waals surface area contributed by atoms with Crippen LogP contribution < -0.4 is 15.9 Å². The Morgan fingerprint density at radius 1 is 1.00 bits per heavy atom. The number of hydrogen-bond acceptors (Lipinski definition) is 5. The minimum Gasteiger partial charge on any atom is -0.504 e. The van der Waals surface area contributed by atoms with Crippen LogP contribution in [0.2, 0.25) is 0 Å². The summed E-state index contributed by atoms with van der Waals surface area (Å²) in [5, 5.41) is 10.6. The Bertz CT molecular complexity index is 1350. The zero-order valence-corrected chi connectivity index (χ0v) is 15.7. The molecule has 2 aliphatic rings. The van der Waals surface area contributed by atoms with Crippen molar-refractivity contribution in [1.82, 2.24) is 9.36 Å². The number of rotatable bonds is 2. The maximum Gasteiger partial charge on any atom is 0.277 e. The number of Topliss-reactive ketones (excluding diaryl/α,β-unsaturated/α-hetero) is 1. The van der Waals surface area contributed by atoms with Crippen LogP contribution in [0.1, 0.15) is 30.9 Å². The summed E-state index contributed by atoms with van der Waals surface area (Å²) in [6.07, 6.45) is 1.56. The highest BCUT2D eigenvalue weighted by Crippen LogP contribution is 2.42. The van der Waals surface area contributed by atoms with E-state index in [0.29, 0.717) is 46.9 Å². The first-order valence-electron chi connectivity index (χ1n) is 9.43. The van der Waals surface area contributed by atoms with Crippen LogP contribution in [-0.4, -0.2) is 27.4 Å².